The molecule has 1 heterocycles. The highest BCUT2D eigenvalue weighted by Crippen LogP contribution is 2.51. The van der Waals surface area contributed by atoms with Crippen molar-refractivity contribution < 1.29 is 14.6 Å². The molecule has 4 unspecified atom stereocenters. The average molecular weight is 256 g/mol. The van der Waals surface area contributed by atoms with Crippen molar-refractivity contribution in [1.29, 1.82) is 0 Å². The molecule has 18 heavy (non-hydrogen) atoms. The smallest absolute Gasteiger partial charge is 0.237 e. The Morgan fingerprint density at radius 2 is 2.11 bits per heavy atom. The van der Waals surface area contributed by atoms with E-state index in [2.05, 4.69) is 31.4 Å². The lowest BCUT2D eigenvalue weighted by atomic mass is 9.56. The zero-order valence-electron chi connectivity index (χ0n) is 11.6. The summed E-state index contributed by atoms with van der Waals surface area (Å²) in [6.45, 7) is 6.80. The maximum Gasteiger partial charge on any atom is 0.237 e. The highest BCUT2D eigenvalue weighted by molar-refractivity contribution is 5.82. The lowest BCUT2D eigenvalue weighted by Gasteiger charge is -2.59. The van der Waals surface area contributed by atoms with Crippen LogP contribution in [0.15, 0.2) is 0 Å². The lowest BCUT2D eigenvalue weighted by molar-refractivity contribution is -0.182. The van der Waals surface area contributed by atoms with Crippen LogP contribution in [0.1, 0.15) is 33.6 Å². The van der Waals surface area contributed by atoms with Gasteiger partial charge in [0.25, 0.3) is 0 Å². The minimum absolute atomic E-state index is 0.0113. The van der Waals surface area contributed by atoms with Gasteiger partial charge in [0.1, 0.15) is 0 Å². The first-order valence-electron chi connectivity index (χ1n) is 6.57. The molecular formula is C13H24N2O3. The second-order valence-electron chi connectivity index (χ2n) is 6.27. The molecule has 1 aliphatic heterocycles. The van der Waals surface area contributed by atoms with E-state index in [4.69, 9.17) is 4.74 Å². The zero-order chi connectivity index (χ0) is 13.6. The van der Waals surface area contributed by atoms with Crippen LogP contribution in [-0.2, 0) is 9.53 Å². The number of aliphatic hydroxyl groups excluding tert-OH is 1. The summed E-state index contributed by atoms with van der Waals surface area (Å²) in [5, 5.41) is 15.5. The van der Waals surface area contributed by atoms with Crippen molar-refractivity contribution in [2.45, 2.75) is 57.4 Å². The summed E-state index contributed by atoms with van der Waals surface area (Å²) in [6.07, 6.45) is 0.928. The second kappa shape index (κ2) is 4.47. The van der Waals surface area contributed by atoms with Crippen LogP contribution in [0, 0.1) is 5.41 Å². The summed E-state index contributed by atoms with van der Waals surface area (Å²) in [4.78, 5) is 12.1. The van der Waals surface area contributed by atoms with Crippen molar-refractivity contribution in [2.24, 2.45) is 5.41 Å². The van der Waals surface area contributed by atoms with Gasteiger partial charge in [0.2, 0.25) is 5.91 Å². The van der Waals surface area contributed by atoms with E-state index in [1.165, 1.54) is 0 Å². The average Bonchev–Trinajstić information content (AvgIpc) is 2.74. The molecule has 3 N–H and O–H groups in total. The summed E-state index contributed by atoms with van der Waals surface area (Å²) < 4.78 is 5.54. The Balaban J connectivity index is 1.90. The number of rotatable bonds is 3. The fourth-order valence-electron chi connectivity index (χ4n) is 2.91. The van der Waals surface area contributed by atoms with Crippen molar-refractivity contribution in [1.82, 2.24) is 10.6 Å². The second-order valence-corrected chi connectivity index (χ2v) is 6.27. The molecule has 104 valence electrons. The predicted molar refractivity (Wildman–Crippen MR) is 68.2 cm³/mol. The van der Waals surface area contributed by atoms with Crippen molar-refractivity contribution >= 4 is 5.91 Å². The van der Waals surface area contributed by atoms with Gasteiger partial charge in [-0.25, -0.2) is 0 Å². The van der Waals surface area contributed by atoms with Gasteiger partial charge in [-0.2, -0.15) is 0 Å². The third-order valence-electron chi connectivity index (χ3n) is 5.02. The first-order valence-corrected chi connectivity index (χ1v) is 6.57. The molecule has 0 bridgehead atoms. The van der Waals surface area contributed by atoms with Crippen LogP contribution in [-0.4, -0.2) is 48.5 Å². The standard InChI is InChI=1S/C13H24N2O3/c1-12(2)10(6-13(12,3)18-4)15-11(17)9-5-8(16)7-14-9/h8-10,14,16H,5-7H2,1-4H3,(H,15,17). The Labute approximate surface area is 108 Å². The van der Waals surface area contributed by atoms with Gasteiger partial charge in [-0.1, -0.05) is 13.8 Å². The summed E-state index contributed by atoms with van der Waals surface area (Å²) in [7, 11) is 1.72. The summed E-state index contributed by atoms with van der Waals surface area (Å²) in [6, 6.07) is -0.125. The Bertz CT molecular complexity index is 345. The van der Waals surface area contributed by atoms with E-state index in [-0.39, 0.29) is 29.0 Å². The molecule has 2 aliphatic rings. The van der Waals surface area contributed by atoms with E-state index in [0.717, 1.165) is 6.42 Å². The number of carbonyl (C=O) groups is 1. The molecule has 0 spiro atoms. The van der Waals surface area contributed by atoms with Gasteiger partial charge >= 0.3 is 0 Å². The third-order valence-corrected chi connectivity index (χ3v) is 5.02. The maximum absolute atomic E-state index is 12.1. The number of ether oxygens (including phenoxy) is 1. The number of hydrogen-bond donors (Lipinski definition) is 3. The van der Waals surface area contributed by atoms with Crippen molar-refractivity contribution in [3.05, 3.63) is 0 Å². The molecule has 1 amide bonds. The summed E-state index contributed by atoms with van der Waals surface area (Å²) in [5.41, 5.74) is -0.248. The van der Waals surface area contributed by atoms with Gasteiger partial charge in [0, 0.05) is 25.1 Å². The zero-order valence-corrected chi connectivity index (χ0v) is 11.6. The molecule has 5 heteroatoms. The minimum Gasteiger partial charge on any atom is -0.392 e. The van der Waals surface area contributed by atoms with E-state index in [1.54, 1.807) is 7.11 Å². The van der Waals surface area contributed by atoms with Crippen LogP contribution in [0.25, 0.3) is 0 Å². The van der Waals surface area contributed by atoms with Crippen LogP contribution in [0.3, 0.4) is 0 Å². The van der Waals surface area contributed by atoms with Gasteiger partial charge in [-0.05, 0) is 19.8 Å². The molecule has 1 aliphatic carbocycles. The number of β-amino-alcohol motifs (C(OH)–C–C–N with tert-alkyl or cyclic N) is 1. The number of hydrogen-bond acceptors (Lipinski definition) is 4. The molecule has 5 nitrogen and oxygen atoms in total. The molecule has 2 rings (SSSR count). The minimum atomic E-state index is -0.403. The highest BCUT2D eigenvalue weighted by Gasteiger charge is 2.58. The topological polar surface area (TPSA) is 70.6 Å². The van der Waals surface area contributed by atoms with Crippen LogP contribution < -0.4 is 10.6 Å². The maximum atomic E-state index is 12.1. The van der Waals surface area contributed by atoms with E-state index in [0.29, 0.717) is 13.0 Å². The first-order chi connectivity index (χ1) is 8.30. The Morgan fingerprint density at radius 3 is 2.56 bits per heavy atom. The van der Waals surface area contributed by atoms with E-state index >= 15 is 0 Å². The van der Waals surface area contributed by atoms with Crippen molar-refractivity contribution in [2.75, 3.05) is 13.7 Å². The Hall–Kier alpha value is -0.650. The van der Waals surface area contributed by atoms with Gasteiger partial charge in [-0.15, -0.1) is 0 Å². The van der Waals surface area contributed by atoms with E-state index in [1.807, 2.05) is 0 Å². The predicted octanol–water partition coefficient (Wildman–Crippen LogP) is 0.0290. The largest absolute Gasteiger partial charge is 0.392 e. The van der Waals surface area contributed by atoms with Gasteiger partial charge in [-0.3, -0.25) is 4.79 Å². The van der Waals surface area contributed by atoms with Gasteiger partial charge in [0.05, 0.1) is 17.7 Å². The van der Waals surface area contributed by atoms with E-state index < -0.39 is 6.10 Å². The molecule has 0 radical (unpaired) electrons. The molecule has 0 aromatic carbocycles. The molecule has 1 saturated carbocycles. The van der Waals surface area contributed by atoms with Gasteiger partial charge < -0.3 is 20.5 Å². The lowest BCUT2D eigenvalue weighted by Crippen LogP contribution is -2.69. The normalized spacial score (nSPS) is 42.4. The monoisotopic (exact) mass is 256 g/mol. The molecule has 1 saturated heterocycles. The highest BCUT2D eigenvalue weighted by atomic mass is 16.5. The van der Waals surface area contributed by atoms with Crippen LogP contribution >= 0.6 is 0 Å². The Morgan fingerprint density at radius 1 is 1.44 bits per heavy atom. The number of methoxy groups -OCH3 is 1. The van der Waals surface area contributed by atoms with Crippen LogP contribution in [0.5, 0.6) is 0 Å². The SMILES string of the molecule is COC1(C)CC(NC(=O)C2CC(O)CN2)C1(C)C. The van der Waals surface area contributed by atoms with E-state index in [9.17, 15) is 9.90 Å². The molecule has 0 aromatic heterocycles. The number of carbonyl (C=O) groups excluding carboxylic acids is 1. The fourth-order valence-corrected chi connectivity index (χ4v) is 2.91. The van der Waals surface area contributed by atoms with Crippen LogP contribution in [0.2, 0.25) is 0 Å². The Kier molecular flexibility index (Phi) is 3.42. The van der Waals surface area contributed by atoms with Gasteiger partial charge in [0.15, 0.2) is 0 Å². The van der Waals surface area contributed by atoms with Crippen molar-refractivity contribution in [3.8, 4) is 0 Å². The third kappa shape index (κ3) is 2.04. The number of amides is 1. The number of nitrogens with one attached hydrogen (secondary N) is 2. The quantitative estimate of drug-likeness (QED) is 0.666. The molecule has 2 fully saturated rings. The van der Waals surface area contributed by atoms with Crippen LogP contribution in [0.4, 0.5) is 0 Å². The summed E-state index contributed by atoms with van der Waals surface area (Å²) in [5.74, 6) is -0.0113. The fraction of sp³-hybridized carbons (Fsp3) is 0.923. The first kappa shape index (κ1) is 13.8. The molecule has 0 aromatic rings. The molecular weight excluding hydrogens is 232 g/mol. The van der Waals surface area contributed by atoms with Crippen molar-refractivity contribution in [3.63, 3.8) is 0 Å². The molecule has 4 atom stereocenters. The summed E-state index contributed by atoms with van der Waals surface area (Å²) >= 11 is 0. The number of aliphatic hydroxyl groups is 1.